The summed E-state index contributed by atoms with van der Waals surface area (Å²) in [5.41, 5.74) is 1.07. The van der Waals surface area contributed by atoms with Gasteiger partial charge in [0.15, 0.2) is 0 Å². The fourth-order valence-electron chi connectivity index (χ4n) is 1.60. The maximum atomic E-state index is 11.0. The van der Waals surface area contributed by atoms with Crippen LogP contribution in [0.25, 0.3) is 0 Å². The first-order valence-electron chi connectivity index (χ1n) is 5.70. The van der Waals surface area contributed by atoms with Crippen molar-refractivity contribution in [3.8, 4) is 0 Å². The molecule has 1 aromatic carbocycles. The van der Waals surface area contributed by atoms with Gasteiger partial charge in [-0.05, 0) is 23.6 Å². The third kappa shape index (κ3) is 3.85. The van der Waals surface area contributed by atoms with Crippen LogP contribution in [-0.2, 0) is 11.3 Å². The summed E-state index contributed by atoms with van der Waals surface area (Å²) in [6, 6.07) is 5.75. The van der Waals surface area contributed by atoms with E-state index in [0.717, 1.165) is 5.56 Å². The quantitative estimate of drug-likeness (QED) is 0.714. The van der Waals surface area contributed by atoms with E-state index < -0.39 is 18.0 Å². The first kappa shape index (κ1) is 14.2. The molecule has 1 aromatic rings. The standard InChI is InChI=1S/C13H17NO4/c1-8(2)11(13(17)18)14-7-9-3-5-10(6-4-9)12(15)16/h3-6,8,11,14H,7H2,1-2H3,(H,15,16)(H,17,18)/t11-/m1/s1. The minimum Gasteiger partial charge on any atom is -0.480 e. The van der Waals surface area contributed by atoms with Crippen molar-refractivity contribution in [2.24, 2.45) is 5.92 Å². The van der Waals surface area contributed by atoms with Crippen LogP contribution in [0.4, 0.5) is 0 Å². The van der Waals surface area contributed by atoms with E-state index in [1.807, 2.05) is 13.8 Å². The lowest BCUT2D eigenvalue weighted by Gasteiger charge is -2.17. The van der Waals surface area contributed by atoms with Crippen LogP contribution in [0.15, 0.2) is 24.3 Å². The van der Waals surface area contributed by atoms with E-state index in [0.29, 0.717) is 6.54 Å². The molecule has 0 radical (unpaired) electrons. The Morgan fingerprint density at radius 2 is 1.72 bits per heavy atom. The molecular weight excluding hydrogens is 234 g/mol. The van der Waals surface area contributed by atoms with E-state index in [-0.39, 0.29) is 11.5 Å². The maximum Gasteiger partial charge on any atom is 0.335 e. The first-order chi connectivity index (χ1) is 8.41. The van der Waals surface area contributed by atoms with Crippen molar-refractivity contribution < 1.29 is 19.8 Å². The van der Waals surface area contributed by atoms with Crippen molar-refractivity contribution in [3.63, 3.8) is 0 Å². The van der Waals surface area contributed by atoms with Gasteiger partial charge in [-0.2, -0.15) is 0 Å². The third-order valence-corrected chi connectivity index (χ3v) is 2.66. The zero-order chi connectivity index (χ0) is 13.7. The predicted octanol–water partition coefficient (Wildman–Crippen LogP) is 1.58. The molecule has 98 valence electrons. The molecule has 5 nitrogen and oxygen atoms in total. The number of aromatic carboxylic acids is 1. The van der Waals surface area contributed by atoms with Crippen LogP contribution < -0.4 is 5.32 Å². The van der Waals surface area contributed by atoms with E-state index >= 15 is 0 Å². The zero-order valence-corrected chi connectivity index (χ0v) is 10.4. The van der Waals surface area contributed by atoms with E-state index in [2.05, 4.69) is 5.32 Å². The van der Waals surface area contributed by atoms with Crippen molar-refractivity contribution in [3.05, 3.63) is 35.4 Å². The highest BCUT2D eigenvalue weighted by atomic mass is 16.4. The average molecular weight is 251 g/mol. The number of benzene rings is 1. The highest BCUT2D eigenvalue weighted by molar-refractivity contribution is 5.87. The van der Waals surface area contributed by atoms with E-state index in [4.69, 9.17) is 10.2 Å². The molecule has 0 saturated heterocycles. The zero-order valence-electron chi connectivity index (χ0n) is 10.4. The smallest absolute Gasteiger partial charge is 0.335 e. The Bertz CT molecular complexity index is 425. The molecule has 1 rings (SSSR count). The fraction of sp³-hybridized carbons (Fsp3) is 0.385. The Morgan fingerprint density at radius 3 is 2.11 bits per heavy atom. The number of hydrogen-bond donors (Lipinski definition) is 3. The normalized spacial score (nSPS) is 12.4. The second-order valence-electron chi connectivity index (χ2n) is 4.44. The Morgan fingerprint density at radius 1 is 1.17 bits per heavy atom. The number of nitrogens with one attached hydrogen (secondary N) is 1. The van der Waals surface area contributed by atoms with E-state index in [1.54, 1.807) is 12.1 Å². The molecule has 0 aromatic heterocycles. The predicted molar refractivity (Wildman–Crippen MR) is 66.5 cm³/mol. The van der Waals surface area contributed by atoms with Crippen LogP contribution in [-0.4, -0.2) is 28.2 Å². The van der Waals surface area contributed by atoms with Crippen LogP contribution >= 0.6 is 0 Å². The van der Waals surface area contributed by atoms with Crippen LogP contribution in [0.5, 0.6) is 0 Å². The molecule has 0 saturated carbocycles. The summed E-state index contributed by atoms with van der Waals surface area (Å²) in [4.78, 5) is 21.6. The molecule has 0 aliphatic heterocycles. The van der Waals surface area contributed by atoms with E-state index in [1.165, 1.54) is 12.1 Å². The number of carbonyl (C=O) groups is 2. The summed E-state index contributed by atoms with van der Waals surface area (Å²) < 4.78 is 0. The van der Waals surface area contributed by atoms with Crippen molar-refractivity contribution in [1.82, 2.24) is 5.32 Å². The van der Waals surface area contributed by atoms with Gasteiger partial charge >= 0.3 is 11.9 Å². The Labute approximate surface area is 105 Å². The summed E-state index contributed by atoms with van der Waals surface area (Å²) in [6.45, 7) is 4.06. The summed E-state index contributed by atoms with van der Waals surface area (Å²) >= 11 is 0. The number of carboxylic acid groups (broad SMARTS) is 2. The fourth-order valence-corrected chi connectivity index (χ4v) is 1.60. The molecule has 18 heavy (non-hydrogen) atoms. The number of carboxylic acids is 2. The molecule has 5 heteroatoms. The van der Waals surface area contributed by atoms with Crippen molar-refractivity contribution >= 4 is 11.9 Å². The number of rotatable bonds is 6. The molecule has 0 unspecified atom stereocenters. The summed E-state index contributed by atoms with van der Waals surface area (Å²) in [5, 5.41) is 20.7. The molecule has 0 fully saturated rings. The average Bonchev–Trinajstić information content (AvgIpc) is 2.28. The van der Waals surface area contributed by atoms with Gasteiger partial charge in [0.2, 0.25) is 0 Å². The second kappa shape index (κ2) is 6.16. The highest BCUT2D eigenvalue weighted by Gasteiger charge is 2.20. The molecular formula is C13H17NO4. The van der Waals surface area contributed by atoms with Crippen LogP contribution in [0, 0.1) is 5.92 Å². The van der Waals surface area contributed by atoms with Gasteiger partial charge in [0.05, 0.1) is 5.56 Å². The summed E-state index contributed by atoms with van der Waals surface area (Å²) in [5.74, 6) is -1.87. The summed E-state index contributed by atoms with van der Waals surface area (Å²) in [7, 11) is 0. The first-order valence-corrected chi connectivity index (χ1v) is 5.70. The Balaban J connectivity index is 2.62. The van der Waals surface area contributed by atoms with E-state index in [9.17, 15) is 9.59 Å². The third-order valence-electron chi connectivity index (χ3n) is 2.66. The molecule has 0 amide bonds. The summed E-state index contributed by atoms with van der Waals surface area (Å²) in [6.07, 6.45) is 0. The number of aliphatic carboxylic acids is 1. The highest BCUT2D eigenvalue weighted by Crippen LogP contribution is 2.07. The van der Waals surface area contributed by atoms with Crippen molar-refractivity contribution in [1.29, 1.82) is 0 Å². The Hall–Kier alpha value is -1.88. The van der Waals surface area contributed by atoms with Gasteiger partial charge in [-0.25, -0.2) is 4.79 Å². The van der Waals surface area contributed by atoms with Gasteiger partial charge in [0.25, 0.3) is 0 Å². The molecule has 0 heterocycles. The Kier molecular flexibility index (Phi) is 4.85. The minimum absolute atomic E-state index is 0.0132. The molecule has 0 aliphatic carbocycles. The van der Waals surface area contributed by atoms with Gasteiger partial charge in [-0.1, -0.05) is 26.0 Å². The van der Waals surface area contributed by atoms with Crippen LogP contribution in [0.1, 0.15) is 29.8 Å². The molecule has 0 spiro atoms. The molecule has 0 bridgehead atoms. The van der Waals surface area contributed by atoms with Gasteiger partial charge in [0.1, 0.15) is 6.04 Å². The second-order valence-corrected chi connectivity index (χ2v) is 4.44. The lowest BCUT2D eigenvalue weighted by atomic mass is 10.0. The molecule has 0 aliphatic rings. The van der Waals surface area contributed by atoms with Crippen molar-refractivity contribution in [2.45, 2.75) is 26.4 Å². The molecule has 3 N–H and O–H groups in total. The number of hydrogen-bond acceptors (Lipinski definition) is 3. The van der Waals surface area contributed by atoms with Gasteiger partial charge < -0.3 is 15.5 Å². The molecule has 1 atom stereocenters. The lowest BCUT2D eigenvalue weighted by molar-refractivity contribution is -0.140. The van der Waals surface area contributed by atoms with Crippen molar-refractivity contribution in [2.75, 3.05) is 0 Å². The maximum absolute atomic E-state index is 11.0. The van der Waals surface area contributed by atoms with Gasteiger partial charge in [-0.3, -0.25) is 4.79 Å². The monoisotopic (exact) mass is 251 g/mol. The SMILES string of the molecule is CC(C)[C@@H](NCc1ccc(C(=O)O)cc1)C(=O)O. The topological polar surface area (TPSA) is 86.6 Å². The minimum atomic E-state index is -0.972. The van der Waals surface area contributed by atoms with Crippen LogP contribution in [0.2, 0.25) is 0 Å². The van der Waals surface area contributed by atoms with Gasteiger partial charge in [-0.15, -0.1) is 0 Å². The lowest BCUT2D eigenvalue weighted by Crippen LogP contribution is -2.40. The largest absolute Gasteiger partial charge is 0.480 e. The van der Waals surface area contributed by atoms with Gasteiger partial charge in [0, 0.05) is 6.54 Å². The van der Waals surface area contributed by atoms with Crippen LogP contribution in [0.3, 0.4) is 0 Å².